The quantitative estimate of drug-likeness (QED) is 0.756. The highest BCUT2D eigenvalue weighted by atomic mass is 15.0. The molecule has 3 aromatic rings. The Balaban J connectivity index is 2.10. The van der Waals surface area contributed by atoms with Crippen molar-refractivity contribution in [2.24, 2.45) is 0 Å². The smallest absolute Gasteiger partial charge is 0.154 e. The summed E-state index contributed by atoms with van der Waals surface area (Å²) in [6, 6.07) is 12.3. The Hall–Kier alpha value is -2.36. The average Bonchev–Trinajstić information content (AvgIpc) is 2.89. The van der Waals surface area contributed by atoms with Gasteiger partial charge in [0.05, 0.1) is 5.52 Å². The topological polar surface area (TPSA) is 53.6 Å². The van der Waals surface area contributed by atoms with E-state index in [2.05, 4.69) is 45.4 Å². The number of H-pyrrole nitrogens is 1. The monoisotopic (exact) mass is 266 g/mol. The third-order valence-electron chi connectivity index (χ3n) is 3.22. The van der Waals surface area contributed by atoms with E-state index in [0.29, 0.717) is 0 Å². The Morgan fingerprint density at radius 1 is 1.15 bits per heavy atom. The summed E-state index contributed by atoms with van der Waals surface area (Å²) in [6.07, 6.45) is 1.07. The molecule has 0 spiro atoms. The molecule has 4 heteroatoms. The van der Waals surface area contributed by atoms with Crippen LogP contribution < -0.4 is 5.32 Å². The Kier molecular flexibility index (Phi) is 3.37. The minimum atomic E-state index is 0.787. The second-order valence-electron chi connectivity index (χ2n) is 4.86. The second-order valence-corrected chi connectivity index (χ2v) is 4.86. The van der Waals surface area contributed by atoms with Gasteiger partial charge in [-0.2, -0.15) is 0 Å². The van der Waals surface area contributed by atoms with Crippen molar-refractivity contribution in [2.75, 3.05) is 11.9 Å². The van der Waals surface area contributed by atoms with E-state index in [1.54, 1.807) is 0 Å². The van der Waals surface area contributed by atoms with Crippen LogP contribution >= 0.6 is 0 Å². The van der Waals surface area contributed by atoms with Gasteiger partial charge in [0, 0.05) is 12.2 Å². The molecule has 0 atom stereocenters. The Morgan fingerprint density at radius 3 is 2.70 bits per heavy atom. The molecule has 0 aliphatic heterocycles. The lowest BCUT2D eigenvalue weighted by atomic mass is 10.2. The lowest BCUT2D eigenvalue weighted by Crippen LogP contribution is -2.04. The summed E-state index contributed by atoms with van der Waals surface area (Å²) in [5.41, 5.74) is 4.16. The summed E-state index contributed by atoms with van der Waals surface area (Å²) in [4.78, 5) is 12.4. The van der Waals surface area contributed by atoms with Gasteiger partial charge >= 0.3 is 0 Å². The zero-order valence-corrected chi connectivity index (χ0v) is 11.8. The molecule has 0 bridgehead atoms. The van der Waals surface area contributed by atoms with Crippen LogP contribution in [0.2, 0.25) is 0 Å². The van der Waals surface area contributed by atoms with E-state index in [1.807, 2.05) is 25.1 Å². The molecule has 4 nitrogen and oxygen atoms in total. The molecule has 0 saturated heterocycles. The van der Waals surface area contributed by atoms with Crippen molar-refractivity contribution in [3.63, 3.8) is 0 Å². The molecular formula is C16H18N4. The van der Waals surface area contributed by atoms with Crippen LogP contribution in [0.25, 0.3) is 22.3 Å². The maximum absolute atomic E-state index is 4.51. The van der Waals surface area contributed by atoms with Crippen molar-refractivity contribution in [2.45, 2.75) is 20.3 Å². The Labute approximate surface area is 118 Å². The van der Waals surface area contributed by atoms with E-state index in [1.165, 1.54) is 0 Å². The van der Waals surface area contributed by atoms with Crippen LogP contribution in [0.5, 0.6) is 0 Å². The first-order chi connectivity index (χ1) is 9.78. The number of benzene rings is 1. The molecule has 3 rings (SSSR count). The molecular weight excluding hydrogens is 248 g/mol. The molecule has 0 radical (unpaired) electrons. The summed E-state index contributed by atoms with van der Waals surface area (Å²) in [7, 11) is 0. The first kappa shape index (κ1) is 12.7. The van der Waals surface area contributed by atoms with E-state index in [4.69, 9.17) is 0 Å². The largest absolute Gasteiger partial charge is 0.368 e. The number of rotatable bonds is 4. The highest BCUT2D eigenvalue weighted by Gasteiger charge is 2.10. The molecule has 2 aromatic heterocycles. The van der Waals surface area contributed by atoms with Crippen molar-refractivity contribution in [1.82, 2.24) is 15.0 Å². The van der Waals surface area contributed by atoms with Gasteiger partial charge in [-0.15, -0.1) is 0 Å². The summed E-state index contributed by atoms with van der Waals surface area (Å²) >= 11 is 0. The van der Waals surface area contributed by atoms with Crippen LogP contribution in [0.1, 0.15) is 19.2 Å². The maximum atomic E-state index is 4.51. The van der Waals surface area contributed by atoms with Crippen LogP contribution in [0, 0.1) is 6.92 Å². The maximum Gasteiger partial charge on any atom is 0.154 e. The lowest BCUT2D eigenvalue weighted by Gasteiger charge is -2.05. The van der Waals surface area contributed by atoms with Gasteiger partial charge in [-0.25, -0.2) is 9.97 Å². The van der Waals surface area contributed by atoms with Gasteiger partial charge in [-0.3, -0.25) is 0 Å². The van der Waals surface area contributed by atoms with Crippen molar-refractivity contribution >= 4 is 16.9 Å². The van der Waals surface area contributed by atoms with Crippen LogP contribution in [-0.4, -0.2) is 21.5 Å². The van der Waals surface area contributed by atoms with Gasteiger partial charge in [0.15, 0.2) is 5.82 Å². The number of hydrogen-bond acceptors (Lipinski definition) is 3. The highest BCUT2D eigenvalue weighted by Crippen LogP contribution is 2.26. The summed E-state index contributed by atoms with van der Waals surface area (Å²) in [5, 5.41) is 3.36. The summed E-state index contributed by atoms with van der Waals surface area (Å²) < 4.78 is 0. The van der Waals surface area contributed by atoms with Crippen molar-refractivity contribution in [3.05, 3.63) is 42.2 Å². The van der Waals surface area contributed by atoms with Gasteiger partial charge in [0.2, 0.25) is 0 Å². The first-order valence-corrected chi connectivity index (χ1v) is 6.94. The van der Waals surface area contributed by atoms with Gasteiger partial charge in [-0.05, 0) is 25.0 Å². The molecule has 0 aliphatic carbocycles. The standard InChI is InChI=1S/C16H18N4/c1-3-9-17-16-15-14(18-11(2)19-16)10-13(20-15)12-7-5-4-6-8-12/h4-8,10,20H,3,9H2,1-2H3,(H,17,18,19). The average molecular weight is 266 g/mol. The van der Waals surface area contributed by atoms with Crippen LogP contribution in [0.3, 0.4) is 0 Å². The van der Waals surface area contributed by atoms with Crippen LogP contribution in [0.4, 0.5) is 5.82 Å². The molecule has 0 unspecified atom stereocenters. The predicted octanol–water partition coefficient (Wildman–Crippen LogP) is 3.76. The van der Waals surface area contributed by atoms with Gasteiger partial charge in [0.25, 0.3) is 0 Å². The highest BCUT2D eigenvalue weighted by molar-refractivity contribution is 5.90. The third-order valence-corrected chi connectivity index (χ3v) is 3.22. The molecule has 2 heterocycles. The van der Waals surface area contributed by atoms with Gasteiger partial charge in [0.1, 0.15) is 11.3 Å². The SMILES string of the molecule is CCCNc1nc(C)nc2cc(-c3ccccc3)[nH]c12. The number of aromatic amines is 1. The molecule has 0 fully saturated rings. The zero-order valence-electron chi connectivity index (χ0n) is 11.8. The fourth-order valence-corrected chi connectivity index (χ4v) is 2.27. The Bertz CT molecular complexity index is 716. The van der Waals surface area contributed by atoms with Crippen molar-refractivity contribution in [1.29, 1.82) is 0 Å². The van der Waals surface area contributed by atoms with Crippen molar-refractivity contribution < 1.29 is 0 Å². The second kappa shape index (κ2) is 5.33. The van der Waals surface area contributed by atoms with E-state index < -0.39 is 0 Å². The van der Waals surface area contributed by atoms with E-state index in [-0.39, 0.29) is 0 Å². The molecule has 0 amide bonds. The van der Waals surface area contributed by atoms with Gasteiger partial charge in [-0.1, -0.05) is 37.3 Å². The number of aryl methyl sites for hydroxylation is 1. The Morgan fingerprint density at radius 2 is 1.95 bits per heavy atom. The number of anilines is 1. The van der Waals surface area contributed by atoms with Crippen LogP contribution in [0.15, 0.2) is 36.4 Å². The van der Waals surface area contributed by atoms with Crippen LogP contribution in [-0.2, 0) is 0 Å². The number of nitrogens with zero attached hydrogens (tertiary/aromatic N) is 2. The summed E-state index contributed by atoms with van der Waals surface area (Å²) in [6.45, 7) is 4.97. The first-order valence-electron chi connectivity index (χ1n) is 6.94. The molecule has 102 valence electrons. The normalized spacial score (nSPS) is 10.9. The number of hydrogen-bond donors (Lipinski definition) is 2. The minimum Gasteiger partial charge on any atom is -0.368 e. The van der Waals surface area contributed by atoms with Crippen molar-refractivity contribution in [3.8, 4) is 11.3 Å². The zero-order chi connectivity index (χ0) is 13.9. The molecule has 20 heavy (non-hydrogen) atoms. The molecule has 2 N–H and O–H groups in total. The van der Waals surface area contributed by atoms with E-state index >= 15 is 0 Å². The van der Waals surface area contributed by atoms with Gasteiger partial charge < -0.3 is 10.3 Å². The molecule has 0 aliphatic rings. The fourth-order valence-electron chi connectivity index (χ4n) is 2.27. The number of aromatic nitrogens is 3. The molecule has 0 saturated carbocycles. The van der Waals surface area contributed by atoms with E-state index in [0.717, 1.165) is 46.9 Å². The predicted molar refractivity (Wildman–Crippen MR) is 82.8 cm³/mol. The van der Waals surface area contributed by atoms with E-state index in [9.17, 15) is 0 Å². The minimum absolute atomic E-state index is 0.787. The fraction of sp³-hybridized carbons (Fsp3) is 0.250. The molecule has 1 aromatic carbocycles. The lowest BCUT2D eigenvalue weighted by molar-refractivity contribution is 0.961. The third kappa shape index (κ3) is 2.37. The number of nitrogens with one attached hydrogen (secondary N) is 2. The number of fused-ring (bicyclic) bond motifs is 1. The summed E-state index contributed by atoms with van der Waals surface area (Å²) in [5.74, 6) is 1.67.